The number of aromatic nitrogens is 3. The van der Waals surface area contributed by atoms with Gasteiger partial charge in [-0.3, -0.25) is 9.89 Å². The van der Waals surface area contributed by atoms with Crippen LogP contribution in [0.25, 0.3) is 0 Å². The van der Waals surface area contributed by atoms with E-state index in [9.17, 15) is 4.79 Å². The van der Waals surface area contributed by atoms with Crippen LogP contribution in [0.2, 0.25) is 0 Å². The Morgan fingerprint density at radius 2 is 2.41 bits per heavy atom. The Kier molecular flexibility index (Phi) is 2.80. The Hall–Kier alpha value is -1.43. The average molecular weight is 236 g/mol. The van der Waals surface area contributed by atoms with E-state index in [0.29, 0.717) is 24.8 Å². The summed E-state index contributed by atoms with van der Waals surface area (Å²) in [5, 5.41) is 9.64. The summed E-state index contributed by atoms with van der Waals surface area (Å²) < 4.78 is 5.58. The molecule has 1 aromatic rings. The molecule has 6 heteroatoms. The Morgan fingerprint density at radius 1 is 1.53 bits per heavy atom. The van der Waals surface area contributed by atoms with E-state index < -0.39 is 0 Å². The molecule has 1 saturated carbocycles. The lowest BCUT2D eigenvalue weighted by Crippen LogP contribution is -2.37. The van der Waals surface area contributed by atoms with Crippen LogP contribution >= 0.6 is 0 Å². The maximum atomic E-state index is 11.8. The molecule has 0 radical (unpaired) electrons. The first-order valence-corrected chi connectivity index (χ1v) is 6.09. The average Bonchev–Trinajstić information content (AvgIpc) is 2.83. The Bertz CT molecular complexity index is 388. The second-order valence-electron chi connectivity index (χ2n) is 4.77. The van der Waals surface area contributed by atoms with Crippen LogP contribution in [0.5, 0.6) is 0 Å². The van der Waals surface area contributed by atoms with Crippen LogP contribution in [0, 0.1) is 5.92 Å². The highest BCUT2D eigenvalue weighted by Crippen LogP contribution is 2.33. The smallest absolute Gasteiger partial charge is 0.220 e. The number of H-pyrrole nitrogens is 1. The van der Waals surface area contributed by atoms with Gasteiger partial charge in [-0.05, 0) is 25.2 Å². The summed E-state index contributed by atoms with van der Waals surface area (Å²) in [6.07, 6.45) is 5.16. The molecule has 2 heterocycles. The van der Waals surface area contributed by atoms with Crippen LogP contribution in [0.15, 0.2) is 6.33 Å². The summed E-state index contributed by atoms with van der Waals surface area (Å²) in [7, 11) is 0. The minimum absolute atomic E-state index is 0.0224. The van der Waals surface area contributed by atoms with E-state index in [-0.39, 0.29) is 18.1 Å². The molecular formula is C11H16N4O2. The molecule has 6 nitrogen and oxygen atoms in total. The Labute approximate surface area is 99.1 Å². The molecular weight excluding hydrogens is 220 g/mol. The molecule has 0 unspecified atom stereocenters. The van der Waals surface area contributed by atoms with Crippen molar-refractivity contribution in [1.29, 1.82) is 0 Å². The normalized spacial score (nSPS) is 28.2. The zero-order valence-corrected chi connectivity index (χ0v) is 9.56. The number of carbonyl (C=O) groups is 1. The lowest BCUT2D eigenvalue weighted by atomic mass is 10.1. The molecule has 2 aliphatic rings. The fourth-order valence-corrected chi connectivity index (χ4v) is 2.21. The zero-order valence-electron chi connectivity index (χ0n) is 9.56. The van der Waals surface area contributed by atoms with Crippen LogP contribution in [0.4, 0.5) is 0 Å². The highest BCUT2D eigenvalue weighted by molar-refractivity contribution is 5.76. The van der Waals surface area contributed by atoms with Crippen molar-refractivity contribution in [2.45, 2.75) is 37.8 Å². The van der Waals surface area contributed by atoms with Gasteiger partial charge in [0.15, 0.2) is 5.82 Å². The van der Waals surface area contributed by atoms with Crippen LogP contribution in [0.3, 0.4) is 0 Å². The van der Waals surface area contributed by atoms with Gasteiger partial charge in [0, 0.05) is 13.0 Å². The highest BCUT2D eigenvalue weighted by atomic mass is 16.5. The molecule has 0 spiro atoms. The van der Waals surface area contributed by atoms with Crippen LogP contribution in [-0.4, -0.2) is 33.7 Å². The molecule has 2 fully saturated rings. The van der Waals surface area contributed by atoms with Crippen molar-refractivity contribution >= 4 is 5.91 Å². The van der Waals surface area contributed by atoms with Gasteiger partial charge in [-0.1, -0.05) is 0 Å². The van der Waals surface area contributed by atoms with Gasteiger partial charge in [0.25, 0.3) is 0 Å². The van der Waals surface area contributed by atoms with Gasteiger partial charge < -0.3 is 10.1 Å². The molecule has 0 bridgehead atoms. The molecule has 17 heavy (non-hydrogen) atoms. The summed E-state index contributed by atoms with van der Waals surface area (Å²) >= 11 is 0. The van der Waals surface area contributed by atoms with Crippen LogP contribution in [-0.2, 0) is 9.53 Å². The molecule has 1 aliphatic carbocycles. The minimum Gasteiger partial charge on any atom is -0.368 e. The van der Waals surface area contributed by atoms with Gasteiger partial charge in [0.2, 0.25) is 5.91 Å². The molecule has 3 rings (SSSR count). The van der Waals surface area contributed by atoms with Crippen molar-refractivity contribution in [3.63, 3.8) is 0 Å². The first-order chi connectivity index (χ1) is 8.33. The predicted molar refractivity (Wildman–Crippen MR) is 59.0 cm³/mol. The third kappa shape index (κ3) is 2.46. The molecule has 1 amide bonds. The number of ether oxygens (including phenoxy) is 1. The number of amides is 1. The fraction of sp³-hybridized carbons (Fsp3) is 0.727. The van der Waals surface area contributed by atoms with E-state index in [2.05, 4.69) is 20.5 Å². The number of carbonyl (C=O) groups excluding carboxylic acids is 1. The Balaban J connectivity index is 1.59. The molecule has 92 valence electrons. The molecule has 2 N–H and O–H groups in total. The van der Waals surface area contributed by atoms with Crippen molar-refractivity contribution in [3.8, 4) is 0 Å². The highest BCUT2D eigenvalue weighted by Gasteiger charge is 2.34. The van der Waals surface area contributed by atoms with Gasteiger partial charge in [-0.15, -0.1) is 0 Å². The number of hydrogen-bond donors (Lipinski definition) is 2. The molecule has 0 aromatic carbocycles. The van der Waals surface area contributed by atoms with E-state index in [4.69, 9.17) is 4.74 Å². The summed E-state index contributed by atoms with van der Waals surface area (Å²) in [5.41, 5.74) is 0. The third-order valence-electron chi connectivity index (χ3n) is 3.31. The second-order valence-corrected chi connectivity index (χ2v) is 4.77. The third-order valence-corrected chi connectivity index (χ3v) is 3.31. The summed E-state index contributed by atoms with van der Waals surface area (Å²) in [4.78, 5) is 15.8. The van der Waals surface area contributed by atoms with Crippen molar-refractivity contribution < 1.29 is 9.53 Å². The molecule has 1 saturated heterocycles. The lowest BCUT2D eigenvalue weighted by Gasteiger charge is -2.17. The number of nitrogens with one attached hydrogen (secondary N) is 2. The summed E-state index contributed by atoms with van der Waals surface area (Å²) in [6.45, 7) is 0.653. The number of nitrogens with zero attached hydrogens (tertiary/aromatic N) is 2. The first-order valence-electron chi connectivity index (χ1n) is 6.09. The van der Waals surface area contributed by atoms with Crippen LogP contribution < -0.4 is 5.32 Å². The lowest BCUT2D eigenvalue weighted by molar-refractivity contribution is -0.122. The van der Waals surface area contributed by atoms with Crippen molar-refractivity contribution in [2.75, 3.05) is 6.61 Å². The van der Waals surface area contributed by atoms with E-state index in [0.717, 1.165) is 6.42 Å². The molecule has 2 atom stereocenters. The van der Waals surface area contributed by atoms with Gasteiger partial charge in [0.05, 0.1) is 6.04 Å². The standard InChI is InChI=1S/C11H16N4O2/c16-9(5-7-1-2-7)14-8-3-4-17-10(8)11-12-6-13-15-11/h6-8,10H,1-5H2,(H,14,16)(H,12,13,15)/t8-,10+/m1/s1. The van der Waals surface area contributed by atoms with E-state index in [1.165, 1.54) is 19.2 Å². The first kappa shape index (κ1) is 10.7. The van der Waals surface area contributed by atoms with Gasteiger partial charge >= 0.3 is 0 Å². The quantitative estimate of drug-likeness (QED) is 0.800. The zero-order chi connectivity index (χ0) is 11.7. The molecule has 1 aliphatic heterocycles. The van der Waals surface area contributed by atoms with E-state index in [1.54, 1.807) is 0 Å². The van der Waals surface area contributed by atoms with Crippen LogP contribution in [0.1, 0.15) is 37.6 Å². The largest absolute Gasteiger partial charge is 0.368 e. The topological polar surface area (TPSA) is 79.9 Å². The van der Waals surface area contributed by atoms with Gasteiger partial charge in [0.1, 0.15) is 12.4 Å². The molecule has 1 aromatic heterocycles. The number of hydrogen-bond acceptors (Lipinski definition) is 4. The van der Waals surface area contributed by atoms with Crippen molar-refractivity contribution in [2.24, 2.45) is 5.92 Å². The minimum atomic E-state index is -0.180. The van der Waals surface area contributed by atoms with E-state index >= 15 is 0 Å². The Morgan fingerprint density at radius 3 is 3.12 bits per heavy atom. The predicted octanol–water partition coefficient (Wildman–Crippen LogP) is 0.551. The monoisotopic (exact) mass is 236 g/mol. The van der Waals surface area contributed by atoms with Crippen molar-refractivity contribution in [1.82, 2.24) is 20.5 Å². The van der Waals surface area contributed by atoms with Gasteiger partial charge in [-0.25, -0.2) is 4.98 Å². The second kappa shape index (κ2) is 4.44. The SMILES string of the molecule is O=C(CC1CC1)N[C@@H]1CCO[C@@H]1c1ncn[nH]1. The number of rotatable bonds is 4. The van der Waals surface area contributed by atoms with Crippen molar-refractivity contribution in [3.05, 3.63) is 12.2 Å². The maximum Gasteiger partial charge on any atom is 0.220 e. The summed E-state index contributed by atoms with van der Waals surface area (Å²) in [6, 6.07) is 0.0224. The van der Waals surface area contributed by atoms with Gasteiger partial charge in [-0.2, -0.15) is 5.10 Å². The summed E-state index contributed by atoms with van der Waals surface area (Å²) in [5.74, 6) is 1.44. The maximum absolute atomic E-state index is 11.8. The number of aromatic amines is 1. The van der Waals surface area contributed by atoms with E-state index in [1.807, 2.05) is 0 Å². The fourth-order valence-electron chi connectivity index (χ4n) is 2.21.